The summed E-state index contributed by atoms with van der Waals surface area (Å²) in [4.78, 5) is 0. The van der Waals surface area contributed by atoms with Crippen molar-refractivity contribution in [3.05, 3.63) is 0 Å². The van der Waals surface area contributed by atoms with Crippen LogP contribution in [0.25, 0.3) is 0 Å². The van der Waals surface area contributed by atoms with E-state index >= 15 is 0 Å². The zero-order valence-electron chi connectivity index (χ0n) is 10.6. The lowest BCUT2D eigenvalue weighted by atomic mass is 10.1. The normalized spacial score (nSPS) is 15.6. The first-order chi connectivity index (χ1) is 8.04. The van der Waals surface area contributed by atoms with Crippen LogP contribution in [0.1, 0.15) is 20.3 Å². The van der Waals surface area contributed by atoms with Gasteiger partial charge in [-0.3, -0.25) is 5.32 Å². The van der Waals surface area contributed by atoms with E-state index in [4.69, 9.17) is 9.84 Å². The Kier molecular flexibility index (Phi) is 9.21. The number of aliphatic hydroxyl groups is 2. The van der Waals surface area contributed by atoms with Crippen molar-refractivity contribution in [2.24, 2.45) is 5.92 Å². The van der Waals surface area contributed by atoms with Crippen LogP contribution in [-0.4, -0.2) is 54.1 Å². The summed E-state index contributed by atoms with van der Waals surface area (Å²) in [7, 11) is 1.70. The number of hydrogen-bond donors (Lipinski definition) is 4. The van der Waals surface area contributed by atoms with Crippen molar-refractivity contribution in [3.8, 4) is 0 Å². The molecule has 17 heavy (non-hydrogen) atoms. The van der Waals surface area contributed by atoms with Crippen LogP contribution in [0.15, 0.2) is 0 Å². The highest BCUT2D eigenvalue weighted by atomic mass is 32.1. The number of rotatable bonds is 7. The number of ether oxygens (including phenoxy) is 1. The number of thiol groups is 1. The number of amidine groups is 1. The van der Waals surface area contributed by atoms with E-state index in [2.05, 4.69) is 22.6 Å². The van der Waals surface area contributed by atoms with Crippen molar-refractivity contribution >= 4 is 24.0 Å². The molecule has 0 rings (SSSR count). The Morgan fingerprint density at radius 1 is 1.59 bits per heavy atom. The molecule has 0 saturated carbocycles. The van der Waals surface area contributed by atoms with Gasteiger partial charge in [0, 0.05) is 0 Å². The minimum absolute atomic E-state index is 0.126. The summed E-state index contributed by atoms with van der Waals surface area (Å²) >= 11 is 4.05. The van der Waals surface area contributed by atoms with Crippen molar-refractivity contribution in [1.29, 1.82) is 0 Å². The molecule has 0 aliphatic carbocycles. The third-order valence-electron chi connectivity index (χ3n) is 2.44. The molecule has 0 aliphatic heterocycles. The molecule has 0 heterocycles. The van der Waals surface area contributed by atoms with Crippen LogP contribution in [-0.2, 0) is 4.74 Å². The number of nitrogens with one attached hydrogen (secondary N) is 1. The van der Waals surface area contributed by atoms with Gasteiger partial charge in [-0.25, -0.2) is 4.67 Å². The SMILES string of the molecule is CCC(C)OCC(C=[N+]=C(S)NC)C(O)CO. The van der Waals surface area contributed by atoms with Crippen molar-refractivity contribution in [2.45, 2.75) is 32.5 Å². The number of nitrogens with zero attached hydrogens (tertiary/aromatic N) is 1. The van der Waals surface area contributed by atoms with Crippen LogP contribution < -0.4 is 9.98 Å². The van der Waals surface area contributed by atoms with E-state index in [1.165, 1.54) is 0 Å². The highest BCUT2D eigenvalue weighted by molar-refractivity contribution is 7.96. The van der Waals surface area contributed by atoms with Crippen molar-refractivity contribution in [2.75, 3.05) is 20.3 Å². The van der Waals surface area contributed by atoms with Gasteiger partial charge >= 0.3 is 5.17 Å². The third-order valence-corrected chi connectivity index (χ3v) is 2.78. The molecule has 3 N–H and O–H groups in total. The number of aliphatic hydroxyl groups excluding tert-OH is 2. The van der Waals surface area contributed by atoms with E-state index in [1.807, 2.05) is 13.8 Å². The molecule has 0 aromatic heterocycles. The van der Waals surface area contributed by atoms with E-state index in [0.29, 0.717) is 11.8 Å². The molecule has 0 aromatic carbocycles. The summed E-state index contributed by atoms with van der Waals surface area (Å²) in [5.74, 6) is -0.343. The topological polar surface area (TPSA) is 75.8 Å². The fourth-order valence-corrected chi connectivity index (χ4v) is 1.08. The van der Waals surface area contributed by atoms with Gasteiger partial charge < -0.3 is 14.9 Å². The predicted octanol–water partition coefficient (Wildman–Crippen LogP) is -0.586. The largest absolute Gasteiger partial charge is 0.400 e. The molecule has 0 radical (unpaired) electrons. The Morgan fingerprint density at radius 3 is 2.71 bits per heavy atom. The highest BCUT2D eigenvalue weighted by Crippen LogP contribution is 2.04. The summed E-state index contributed by atoms with van der Waals surface area (Å²) < 4.78 is 9.53. The first kappa shape index (κ1) is 16.5. The minimum Gasteiger partial charge on any atom is -0.394 e. The van der Waals surface area contributed by atoms with Gasteiger partial charge in [-0.2, -0.15) is 0 Å². The van der Waals surface area contributed by atoms with Gasteiger partial charge in [0.25, 0.3) is 0 Å². The molecule has 0 aliphatic rings. The second kappa shape index (κ2) is 9.50. The van der Waals surface area contributed by atoms with Crippen LogP contribution in [0.5, 0.6) is 0 Å². The maximum atomic E-state index is 9.61. The van der Waals surface area contributed by atoms with Crippen molar-refractivity contribution in [3.63, 3.8) is 0 Å². The lowest BCUT2D eigenvalue weighted by Gasteiger charge is -2.17. The average molecular weight is 263 g/mol. The van der Waals surface area contributed by atoms with Gasteiger partial charge in [0.05, 0.1) is 38.4 Å². The molecule has 3 unspecified atom stereocenters. The van der Waals surface area contributed by atoms with Gasteiger partial charge in [0.1, 0.15) is 0 Å². The second-order valence-electron chi connectivity index (χ2n) is 3.82. The van der Waals surface area contributed by atoms with Gasteiger partial charge in [-0.1, -0.05) is 6.92 Å². The average Bonchev–Trinajstić information content (AvgIpc) is 2.36. The molecule has 0 spiro atoms. The highest BCUT2D eigenvalue weighted by Gasteiger charge is 2.20. The molecule has 0 fully saturated rings. The summed E-state index contributed by atoms with van der Waals surface area (Å²) in [6.45, 7) is 3.99. The molecule has 0 saturated heterocycles. The quantitative estimate of drug-likeness (QED) is 0.214. The summed E-state index contributed by atoms with van der Waals surface area (Å²) in [6.07, 6.45) is 1.70. The van der Waals surface area contributed by atoms with Crippen LogP contribution in [0.4, 0.5) is 0 Å². The molecule has 6 heteroatoms. The predicted molar refractivity (Wildman–Crippen MR) is 73.5 cm³/mol. The fraction of sp³-hybridized carbons (Fsp3) is 0.818. The first-order valence-electron chi connectivity index (χ1n) is 5.73. The van der Waals surface area contributed by atoms with Crippen LogP contribution >= 0.6 is 12.6 Å². The van der Waals surface area contributed by atoms with Crippen molar-refractivity contribution < 1.29 is 14.9 Å². The lowest BCUT2D eigenvalue weighted by molar-refractivity contribution is -0.000207. The monoisotopic (exact) mass is 263 g/mol. The summed E-state index contributed by atoms with van der Waals surface area (Å²) in [5, 5.41) is 21.8. The maximum absolute atomic E-state index is 9.61. The molecule has 3 atom stereocenters. The Hall–Kier alpha value is -0.520. The second-order valence-corrected chi connectivity index (χ2v) is 4.24. The van der Waals surface area contributed by atoms with E-state index in [0.717, 1.165) is 6.42 Å². The summed E-state index contributed by atoms with van der Waals surface area (Å²) in [6, 6.07) is 0. The zero-order chi connectivity index (χ0) is 13.3. The maximum Gasteiger partial charge on any atom is 0.400 e. The fourth-order valence-electron chi connectivity index (χ4n) is 1.01. The van der Waals surface area contributed by atoms with Crippen LogP contribution in [0.3, 0.4) is 0 Å². The Labute approximate surface area is 108 Å². The lowest BCUT2D eigenvalue weighted by Crippen LogP contribution is -2.32. The smallest absolute Gasteiger partial charge is 0.394 e. The van der Waals surface area contributed by atoms with E-state index in [1.54, 1.807) is 13.3 Å². The molecular formula is C11H23N2O3S+. The van der Waals surface area contributed by atoms with Crippen LogP contribution in [0, 0.1) is 5.92 Å². The molecule has 0 bridgehead atoms. The van der Waals surface area contributed by atoms with E-state index < -0.39 is 6.10 Å². The molecule has 5 nitrogen and oxygen atoms in total. The standard InChI is InChI=1S/C11H22N2O3S/c1-4-8(2)16-7-9(10(15)6-14)5-13-11(17)12-3/h5,8-10,14-15H,4,6-7H2,1-3H3,(H,12,17)/p+1. The Balaban J connectivity index is 4.50. The molecular weight excluding hydrogens is 240 g/mol. The van der Waals surface area contributed by atoms with E-state index in [9.17, 15) is 5.11 Å². The summed E-state index contributed by atoms with van der Waals surface area (Å²) in [5.41, 5.74) is 0. The van der Waals surface area contributed by atoms with Gasteiger partial charge in [-0.15, -0.1) is 0 Å². The Morgan fingerprint density at radius 2 is 2.24 bits per heavy atom. The first-order valence-corrected chi connectivity index (χ1v) is 6.18. The van der Waals surface area contributed by atoms with Gasteiger partial charge in [-0.05, 0) is 26.0 Å². The minimum atomic E-state index is -0.874. The molecule has 100 valence electrons. The zero-order valence-corrected chi connectivity index (χ0v) is 11.5. The molecule has 0 amide bonds. The van der Waals surface area contributed by atoms with Crippen LogP contribution in [0.2, 0.25) is 0 Å². The number of hydrogen-bond acceptors (Lipinski definition) is 3. The van der Waals surface area contributed by atoms with Gasteiger partial charge in [0.15, 0.2) is 6.21 Å². The Bertz CT molecular complexity index is 267. The molecule has 0 aromatic rings. The third kappa shape index (κ3) is 7.41. The van der Waals surface area contributed by atoms with Crippen molar-refractivity contribution in [1.82, 2.24) is 9.98 Å². The van der Waals surface area contributed by atoms with E-state index in [-0.39, 0.29) is 18.6 Å². The van der Waals surface area contributed by atoms with Gasteiger partial charge in [0.2, 0.25) is 0 Å².